The summed E-state index contributed by atoms with van der Waals surface area (Å²) in [4.78, 5) is 8.96. The Labute approximate surface area is 177 Å². The van der Waals surface area contributed by atoms with Crippen LogP contribution in [0.4, 0.5) is 30.8 Å². The maximum absolute atomic E-state index is 13.5. The van der Waals surface area contributed by atoms with Crippen LogP contribution in [-0.4, -0.2) is 41.2 Å². The molecule has 0 amide bonds. The van der Waals surface area contributed by atoms with E-state index < -0.39 is 36.4 Å². The highest BCUT2D eigenvalue weighted by atomic mass is 19.4. The van der Waals surface area contributed by atoms with Gasteiger partial charge in [-0.15, -0.1) is 0 Å². The van der Waals surface area contributed by atoms with Crippen molar-refractivity contribution in [2.24, 2.45) is 0 Å². The number of rotatable bonds is 7. The summed E-state index contributed by atoms with van der Waals surface area (Å²) in [7, 11) is 0. The average Bonchev–Trinajstić information content (AvgIpc) is 3.22. The van der Waals surface area contributed by atoms with Crippen molar-refractivity contribution >= 4 is 17.6 Å². The third-order valence-corrected chi connectivity index (χ3v) is 4.69. The van der Waals surface area contributed by atoms with Crippen molar-refractivity contribution in [2.45, 2.75) is 51.3 Å². The fourth-order valence-corrected chi connectivity index (χ4v) is 2.91. The normalized spacial score (nSPS) is 18.1. The molecule has 0 radical (unpaired) electrons. The van der Waals surface area contributed by atoms with Crippen molar-refractivity contribution in [2.75, 3.05) is 17.1 Å². The topological polar surface area (TPSA) is 98.4 Å². The summed E-state index contributed by atoms with van der Waals surface area (Å²) in [6, 6.07) is 1.75. The van der Waals surface area contributed by atoms with Crippen LogP contribution in [0.15, 0.2) is 24.7 Å². The van der Waals surface area contributed by atoms with Crippen LogP contribution in [0.3, 0.4) is 0 Å². The van der Waals surface area contributed by atoms with E-state index in [4.69, 9.17) is 6.85 Å². The molecule has 1 fully saturated rings. The van der Waals surface area contributed by atoms with E-state index in [1.807, 2.05) is 13.8 Å². The molecule has 1 aliphatic carbocycles. The van der Waals surface area contributed by atoms with E-state index in [1.165, 1.54) is 17.2 Å². The van der Waals surface area contributed by atoms with Gasteiger partial charge in [0.1, 0.15) is 22.7 Å². The first kappa shape index (κ1) is 14.7. The third-order valence-electron chi connectivity index (χ3n) is 4.69. The lowest BCUT2D eigenvalue weighted by Gasteiger charge is -2.20. The van der Waals surface area contributed by atoms with E-state index in [2.05, 4.69) is 30.6 Å². The third kappa shape index (κ3) is 3.81. The Morgan fingerprint density at radius 2 is 2.00 bits per heavy atom. The fourth-order valence-electron chi connectivity index (χ4n) is 2.91. The van der Waals surface area contributed by atoms with Crippen LogP contribution in [0.2, 0.25) is 0 Å². The molecule has 12 heteroatoms. The molecule has 0 unspecified atom stereocenters. The second-order valence-corrected chi connectivity index (χ2v) is 7.30. The van der Waals surface area contributed by atoms with E-state index in [0.717, 1.165) is 12.8 Å². The second-order valence-electron chi connectivity index (χ2n) is 7.30. The molecule has 3 aromatic heterocycles. The van der Waals surface area contributed by atoms with Gasteiger partial charge in [-0.2, -0.15) is 38.2 Å². The molecule has 0 atom stereocenters. The van der Waals surface area contributed by atoms with Crippen molar-refractivity contribution in [3.05, 3.63) is 35.9 Å². The van der Waals surface area contributed by atoms with Gasteiger partial charge in [0.15, 0.2) is 0 Å². The number of aromatic nitrogens is 7. The number of hydrogen-bond acceptors (Lipinski definition) is 7. The summed E-state index contributed by atoms with van der Waals surface area (Å²) in [5, 5.41) is 17.6. The Morgan fingerprint density at radius 3 is 2.63 bits per heavy atom. The summed E-state index contributed by atoms with van der Waals surface area (Å²) in [5.74, 6) is -0.910. The van der Waals surface area contributed by atoms with Crippen LogP contribution in [0.25, 0.3) is 0 Å². The number of nitrogens with zero attached hydrogens (tertiary/aromatic N) is 7. The van der Waals surface area contributed by atoms with Crippen LogP contribution in [0, 0.1) is 0 Å². The number of alkyl halides is 3. The van der Waals surface area contributed by atoms with Gasteiger partial charge in [0, 0.05) is 25.6 Å². The zero-order chi connectivity index (χ0) is 25.8. The van der Waals surface area contributed by atoms with Crippen LogP contribution >= 0.6 is 0 Å². The standard InChI is InChI=1S/C18H22F3N9/c1-4-22-15-12(18(19,20)21)10-23-16(27-15)26-14-9-13(28-29(14)11-5-6-11)17(2,3)30-24-7-8-25-30/h7-11H,4-6H2,1-3H3,(H2,22,23,26,27)/i1D3,4D2. The monoisotopic (exact) mass is 426 g/mol. The summed E-state index contributed by atoms with van der Waals surface area (Å²) in [6.07, 6.45) is 0.285. The molecule has 9 nitrogen and oxygen atoms in total. The van der Waals surface area contributed by atoms with Crippen molar-refractivity contribution in [3.63, 3.8) is 0 Å². The first-order chi connectivity index (χ1) is 16.1. The summed E-state index contributed by atoms with van der Waals surface area (Å²) < 4.78 is 79.3. The quantitative estimate of drug-likeness (QED) is 0.596. The fraction of sp³-hybridized carbons (Fsp3) is 0.500. The van der Waals surface area contributed by atoms with Gasteiger partial charge in [-0.3, -0.25) is 0 Å². The van der Waals surface area contributed by atoms with Crippen LogP contribution in [0.5, 0.6) is 0 Å². The maximum Gasteiger partial charge on any atom is 0.421 e. The second kappa shape index (κ2) is 7.26. The summed E-state index contributed by atoms with van der Waals surface area (Å²) >= 11 is 0. The van der Waals surface area contributed by atoms with Crippen molar-refractivity contribution < 1.29 is 20.0 Å². The Kier molecular flexibility index (Phi) is 3.57. The molecule has 0 saturated heterocycles. The molecule has 1 saturated carbocycles. The van der Waals surface area contributed by atoms with E-state index in [1.54, 1.807) is 16.1 Å². The van der Waals surface area contributed by atoms with Gasteiger partial charge >= 0.3 is 6.18 Å². The lowest BCUT2D eigenvalue weighted by molar-refractivity contribution is -0.137. The lowest BCUT2D eigenvalue weighted by atomic mass is 10.0. The SMILES string of the molecule is [2H]C([2H])([2H])C([2H])([2H])Nc1nc(Nc2cc(C(C)(C)n3nccn3)nn2C2CC2)ncc1C(F)(F)F. The molecule has 1 aliphatic rings. The molecule has 160 valence electrons. The Hall–Kier alpha value is -3.18. The minimum Gasteiger partial charge on any atom is -0.370 e. The van der Waals surface area contributed by atoms with Crippen molar-refractivity contribution in [3.8, 4) is 0 Å². The van der Waals surface area contributed by atoms with Crippen LogP contribution < -0.4 is 10.6 Å². The molecular weight excluding hydrogens is 399 g/mol. The lowest BCUT2D eigenvalue weighted by Crippen LogP contribution is -2.30. The van der Waals surface area contributed by atoms with E-state index in [-0.39, 0.29) is 12.0 Å². The van der Waals surface area contributed by atoms with Gasteiger partial charge in [-0.1, -0.05) is 0 Å². The molecule has 0 aromatic carbocycles. The first-order valence-corrected chi connectivity index (χ1v) is 9.06. The Bertz CT molecular complexity index is 1200. The molecule has 2 N–H and O–H groups in total. The first-order valence-electron chi connectivity index (χ1n) is 11.6. The van der Waals surface area contributed by atoms with Gasteiger partial charge < -0.3 is 10.6 Å². The zero-order valence-corrected chi connectivity index (χ0v) is 16.1. The number of anilines is 3. The number of halogens is 3. The maximum atomic E-state index is 13.5. The zero-order valence-electron chi connectivity index (χ0n) is 21.1. The van der Waals surface area contributed by atoms with Crippen molar-refractivity contribution in [1.82, 2.24) is 34.7 Å². The molecule has 30 heavy (non-hydrogen) atoms. The minimum absolute atomic E-state index is 0.0735. The van der Waals surface area contributed by atoms with Gasteiger partial charge in [0.2, 0.25) is 5.95 Å². The van der Waals surface area contributed by atoms with E-state index in [0.29, 0.717) is 17.7 Å². The number of hydrogen-bond donors (Lipinski definition) is 2. The molecule has 0 aliphatic heterocycles. The van der Waals surface area contributed by atoms with Gasteiger partial charge in [0.25, 0.3) is 0 Å². The smallest absolute Gasteiger partial charge is 0.370 e. The van der Waals surface area contributed by atoms with Crippen LogP contribution in [-0.2, 0) is 11.7 Å². The predicted molar refractivity (Wildman–Crippen MR) is 103 cm³/mol. The summed E-state index contributed by atoms with van der Waals surface area (Å²) in [5.41, 5.74) is -1.57. The minimum atomic E-state index is -4.95. The molecule has 0 spiro atoms. The Morgan fingerprint density at radius 1 is 1.27 bits per heavy atom. The average molecular weight is 426 g/mol. The van der Waals surface area contributed by atoms with E-state index >= 15 is 0 Å². The number of nitrogens with one attached hydrogen (secondary N) is 2. The molecular formula is C18H22F3N9. The van der Waals surface area contributed by atoms with E-state index in [9.17, 15) is 13.2 Å². The molecule has 0 bridgehead atoms. The highest BCUT2D eigenvalue weighted by Crippen LogP contribution is 2.39. The highest BCUT2D eigenvalue weighted by Gasteiger charge is 2.36. The predicted octanol–water partition coefficient (Wildman–Crippen LogP) is 3.58. The molecule has 4 rings (SSSR count). The van der Waals surface area contributed by atoms with Gasteiger partial charge in [-0.25, -0.2) is 9.67 Å². The molecule has 3 heterocycles. The highest BCUT2D eigenvalue weighted by molar-refractivity contribution is 5.55. The molecule has 3 aromatic rings. The largest absolute Gasteiger partial charge is 0.421 e. The van der Waals surface area contributed by atoms with Gasteiger partial charge in [0.05, 0.1) is 24.1 Å². The Balaban J connectivity index is 1.71. The van der Waals surface area contributed by atoms with Crippen molar-refractivity contribution in [1.29, 1.82) is 0 Å². The summed E-state index contributed by atoms with van der Waals surface area (Å²) in [6.45, 7) is -2.73. The van der Waals surface area contributed by atoms with Crippen LogP contribution in [0.1, 0.15) is 57.7 Å². The van der Waals surface area contributed by atoms with Gasteiger partial charge in [-0.05, 0) is 33.5 Å².